The van der Waals surface area contributed by atoms with Gasteiger partial charge < -0.3 is 9.88 Å². The van der Waals surface area contributed by atoms with E-state index >= 15 is 0 Å². The van der Waals surface area contributed by atoms with Crippen LogP contribution in [0, 0.1) is 6.92 Å². The summed E-state index contributed by atoms with van der Waals surface area (Å²) in [6.45, 7) is 7.56. The highest BCUT2D eigenvalue weighted by Crippen LogP contribution is 2.28. The SMILES string of the molecule is CCn1ncc(-c2nc3c(N[C@H]4CCCN(S(=O)(=O)CC)C4)ncnc3n2C)c1C. The molecule has 162 valence electrons. The number of hydrogen-bond donors (Lipinski definition) is 1. The molecule has 4 rings (SSSR count). The Kier molecular flexibility index (Phi) is 5.49. The van der Waals surface area contributed by atoms with Gasteiger partial charge in [-0.2, -0.15) is 9.40 Å². The van der Waals surface area contributed by atoms with Gasteiger partial charge in [-0.25, -0.2) is 23.4 Å². The summed E-state index contributed by atoms with van der Waals surface area (Å²) in [6, 6.07) is -0.0202. The number of imidazole rings is 1. The van der Waals surface area contributed by atoms with Crippen molar-refractivity contribution in [1.82, 2.24) is 33.6 Å². The Morgan fingerprint density at radius 2 is 2.07 bits per heavy atom. The fraction of sp³-hybridized carbons (Fsp3) is 0.579. The Morgan fingerprint density at radius 1 is 1.27 bits per heavy atom. The molecule has 0 aromatic carbocycles. The van der Waals surface area contributed by atoms with Crippen LogP contribution < -0.4 is 5.32 Å². The summed E-state index contributed by atoms with van der Waals surface area (Å²) in [5, 5.41) is 7.85. The maximum absolute atomic E-state index is 12.3. The molecule has 3 aromatic rings. The number of nitrogens with one attached hydrogen (secondary N) is 1. The summed E-state index contributed by atoms with van der Waals surface area (Å²) in [5.41, 5.74) is 3.40. The van der Waals surface area contributed by atoms with Crippen LogP contribution >= 0.6 is 0 Å². The number of hydrogen-bond acceptors (Lipinski definition) is 7. The fourth-order valence-electron chi connectivity index (χ4n) is 4.02. The molecule has 3 aromatic heterocycles. The monoisotopic (exact) mass is 432 g/mol. The Labute approximate surface area is 176 Å². The first kappa shape index (κ1) is 20.7. The maximum atomic E-state index is 12.3. The molecule has 0 bridgehead atoms. The summed E-state index contributed by atoms with van der Waals surface area (Å²) in [5.74, 6) is 1.53. The zero-order valence-electron chi connectivity index (χ0n) is 17.8. The Balaban J connectivity index is 1.66. The largest absolute Gasteiger partial charge is 0.364 e. The van der Waals surface area contributed by atoms with Crippen LogP contribution in [0.4, 0.5) is 5.82 Å². The van der Waals surface area contributed by atoms with Gasteiger partial charge in [-0.3, -0.25) is 4.68 Å². The van der Waals surface area contributed by atoms with Crippen LogP contribution in [0.15, 0.2) is 12.5 Å². The van der Waals surface area contributed by atoms with Crippen molar-refractivity contribution in [3.05, 3.63) is 18.2 Å². The van der Waals surface area contributed by atoms with Crippen LogP contribution in [0.3, 0.4) is 0 Å². The van der Waals surface area contributed by atoms with E-state index < -0.39 is 10.0 Å². The lowest BCUT2D eigenvalue weighted by atomic mass is 10.1. The molecule has 1 N–H and O–H groups in total. The number of fused-ring (bicyclic) bond motifs is 1. The van der Waals surface area contributed by atoms with Gasteiger partial charge in [0.15, 0.2) is 17.0 Å². The molecule has 0 radical (unpaired) electrons. The highest BCUT2D eigenvalue weighted by atomic mass is 32.2. The van der Waals surface area contributed by atoms with E-state index in [4.69, 9.17) is 4.98 Å². The molecule has 1 atom stereocenters. The molecule has 30 heavy (non-hydrogen) atoms. The van der Waals surface area contributed by atoms with Crippen molar-refractivity contribution in [2.75, 3.05) is 24.2 Å². The van der Waals surface area contributed by atoms with E-state index in [2.05, 4.69) is 27.3 Å². The molecule has 1 aliphatic rings. The van der Waals surface area contributed by atoms with Crippen molar-refractivity contribution in [2.45, 2.75) is 46.2 Å². The molecular formula is C19H28N8O2S. The third-order valence-electron chi connectivity index (χ3n) is 5.78. The number of anilines is 1. The van der Waals surface area contributed by atoms with Gasteiger partial charge in [0.2, 0.25) is 10.0 Å². The molecule has 1 fully saturated rings. The normalized spacial score (nSPS) is 18.2. The van der Waals surface area contributed by atoms with Crippen molar-refractivity contribution in [3.8, 4) is 11.4 Å². The minimum atomic E-state index is -3.20. The third-order valence-corrected chi connectivity index (χ3v) is 7.63. The van der Waals surface area contributed by atoms with Gasteiger partial charge >= 0.3 is 0 Å². The van der Waals surface area contributed by atoms with Gasteiger partial charge in [-0.1, -0.05) is 0 Å². The molecule has 0 unspecified atom stereocenters. The highest BCUT2D eigenvalue weighted by Gasteiger charge is 2.28. The molecule has 10 nitrogen and oxygen atoms in total. The predicted octanol–water partition coefficient (Wildman–Crippen LogP) is 1.78. The second-order valence-electron chi connectivity index (χ2n) is 7.59. The van der Waals surface area contributed by atoms with Crippen LogP contribution in [0.2, 0.25) is 0 Å². The van der Waals surface area contributed by atoms with Crippen molar-refractivity contribution >= 4 is 27.0 Å². The smallest absolute Gasteiger partial charge is 0.213 e. The minimum Gasteiger partial charge on any atom is -0.364 e. The second kappa shape index (κ2) is 7.95. The van der Waals surface area contributed by atoms with Crippen molar-refractivity contribution in [3.63, 3.8) is 0 Å². The number of piperidine rings is 1. The average Bonchev–Trinajstić information content (AvgIpc) is 3.28. The van der Waals surface area contributed by atoms with E-state index in [-0.39, 0.29) is 11.8 Å². The van der Waals surface area contributed by atoms with Crippen LogP contribution in [0.25, 0.3) is 22.6 Å². The zero-order chi connectivity index (χ0) is 21.5. The minimum absolute atomic E-state index is 0.0202. The summed E-state index contributed by atoms with van der Waals surface area (Å²) in [7, 11) is -1.27. The number of aryl methyl sites for hydroxylation is 2. The maximum Gasteiger partial charge on any atom is 0.213 e. The number of sulfonamides is 1. The van der Waals surface area contributed by atoms with E-state index in [1.165, 1.54) is 6.33 Å². The van der Waals surface area contributed by atoms with E-state index in [1.54, 1.807) is 11.2 Å². The summed E-state index contributed by atoms with van der Waals surface area (Å²) in [4.78, 5) is 13.7. The summed E-state index contributed by atoms with van der Waals surface area (Å²) < 4.78 is 30.0. The summed E-state index contributed by atoms with van der Waals surface area (Å²) >= 11 is 0. The third kappa shape index (κ3) is 3.56. The first-order chi connectivity index (χ1) is 14.4. The van der Waals surface area contributed by atoms with Gasteiger partial charge in [0, 0.05) is 38.4 Å². The standard InChI is InChI=1S/C19H28N8O2S/c1-5-27-13(3)15(10-22-27)18-24-16-17(20-12-21-19(16)25(18)4)23-14-8-7-9-26(11-14)30(28,29)6-2/h10,12,14H,5-9,11H2,1-4H3,(H,20,21,23)/t14-/m0/s1. The van der Waals surface area contributed by atoms with Gasteiger partial charge in [0.05, 0.1) is 17.5 Å². The lowest BCUT2D eigenvalue weighted by molar-refractivity contribution is 0.327. The molecule has 0 saturated carbocycles. The second-order valence-corrected chi connectivity index (χ2v) is 9.85. The van der Waals surface area contributed by atoms with Crippen molar-refractivity contribution in [2.24, 2.45) is 7.05 Å². The first-order valence-corrected chi connectivity index (χ1v) is 11.9. The molecule has 0 amide bonds. The van der Waals surface area contributed by atoms with Crippen molar-refractivity contribution in [1.29, 1.82) is 0 Å². The quantitative estimate of drug-likeness (QED) is 0.632. The first-order valence-electron chi connectivity index (χ1n) is 10.3. The van der Waals surface area contributed by atoms with Gasteiger partial charge in [0.25, 0.3) is 0 Å². The zero-order valence-corrected chi connectivity index (χ0v) is 18.6. The van der Waals surface area contributed by atoms with Crippen LogP contribution in [0.1, 0.15) is 32.4 Å². The fourth-order valence-corrected chi connectivity index (χ4v) is 5.20. The van der Waals surface area contributed by atoms with Gasteiger partial charge in [-0.15, -0.1) is 0 Å². The predicted molar refractivity (Wildman–Crippen MR) is 116 cm³/mol. The van der Waals surface area contributed by atoms with Crippen LogP contribution in [-0.2, 0) is 23.6 Å². The van der Waals surface area contributed by atoms with Gasteiger partial charge in [-0.05, 0) is 33.6 Å². The Bertz CT molecular complexity index is 1170. The van der Waals surface area contributed by atoms with Crippen LogP contribution in [-0.4, -0.2) is 66.9 Å². The molecule has 4 heterocycles. The van der Waals surface area contributed by atoms with E-state index in [1.807, 2.05) is 29.4 Å². The molecular weight excluding hydrogens is 404 g/mol. The Hall–Kier alpha value is -2.53. The topological polar surface area (TPSA) is 111 Å². The molecule has 0 aliphatic carbocycles. The van der Waals surface area contributed by atoms with Crippen LogP contribution in [0.5, 0.6) is 0 Å². The van der Waals surface area contributed by atoms with Gasteiger partial charge in [0.1, 0.15) is 12.2 Å². The average molecular weight is 433 g/mol. The lowest BCUT2D eigenvalue weighted by Gasteiger charge is -2.32. The number of rotatable bonds is 6. The number of aromatic nitrogens is 6. The van der Waals surface area contributed by atoms with Crippen molar-refractivity contribution < 1.29 is 8.42 Å². The van der Waals surface area contributed by atoms with E-state index in [0.29, 0.717) is 24.4 Å². The Morgan fingerprint density at radius 3 is 2.77 bits per heavy atom. The van der Waals surface area contributed by atoms with E-state index in [0.717, 1.165) is 42.1 Å². The molecule has 0 spiro atoms. The van der Waals surface area contributed by atoms with E-state index in [9.17, 15) is 8.42 Å². The molecule has 1 aliphatic heterocycles. The molecule has 1 saturated heterocycles. The summed E-state index contributed by atoms with van der Waals surface area (Å²) in [6.07, 6.45) is 5.04. The number of nitrogens with zero attached hydrogens (tertiary/aromatic N) is 7. The molecule has 11 heteroatoms. The lowest BCUT2D eigenvalue weighted by Crippen LogP contribution is -2.45. The highest BCUT2D eigenvalue weighted by molar-refractivity contribution is 7.89.